The Kier molecular flexibility index (Phi) is 4.58. The third-order valence-corrected chi connectivity index (χ3v) is 3.19. The average Bonchev–Trinajstić information content (AvgIpc) is 3.01. The van der Waals surface area contributed by atoms with Crippen molar-refractivity contribution in [2.45, 2.75) is 52.1 Å². The summed E-state index contributed by atoms with van der Waals surface area (Å²) in [4.78, 5) is 11.6. The molecule has 3 nitrogen and oxygen atoms in total. The number of carbonyl (C=O) groups excluding carboxylic acids is 1. The average molecular weight is 213 g/mol. The highest BCUT2D eigenvalue weighted by Gasteiger charge is 2.38. The third kappa shape index (κ3) is 3.49. The molecule has 0 aromatic rings. The smallest absolute Gasteiger partial charge is 0.323 e. The summed E-state index contributed by atoms with van der Waals surface area (Å²) in [5.74, 6) is 0.961. The standard InChI is InChI=1S/C12H23NO2/c1-5-10(8(2)3)13-11(9-6-7-9)12(14)15-4/h8-11,13H,5-7H2,1-4H3. The Morgan fingerprint density at radius 1 is 1.47 bits per heavy atom. The maximum Gasteiger partial charge on any atom is 0.323 e. The molecule has 1 N–H and O–H groups in total. The zero-order valence-electron chi connectivity index (χ0n) is 10.2. The van der Waals surface area contributed by atoms with Crippen molar-refractivity contribution in [2.75, 3.05) is 7.11 Å². The summed E-state index contributed by atoms with van der Waals surface area (Å²) in [6.07, 6.45) is 3.36. The van der Waals surface area contributed by atoms with Crippen LogP contribution in [0.25, 0.3) is 0 Å². The first kappa shape index (κ1) is 12.5. The third-order valence-electron chi connectivity index (χ3n) is 3.19. The molecule has 0 heterocycles. The Morgan fingerprint density at radius 2 is 2.07 bits per heavy atom. The van der Waals surface area contributed by atoms with Crippen LogP contribution in [-0.2, 0) is 9.53 Å². The molecule has 0 amide bonds. The van der Waals surface area contributed by atoms with Crippen LogP contribution >= 0.6 is 0 Å². The molecule has 1 rings (SSSR count). The molecule has 0 saturated heterocycles. The Hall–Kier alpha value is -0.570. The van der Waals surface area contributed by atoms with Gasteiger partial charge in [-0.1, -0.05) is 20.8 Å². The molecular formula is C12H23NO2. The molecule has 1 aliphatic rings. The Bertz CT molecular complexity index is 212. The van der Waals surface area contributed by atoms with Crippen LogP contribution < -0.4 is 5.32 Å². The van der Waals surface area contributed by atoms with Crippen LogP contribution in [0, 0.1) is 11.8 Å². The van der Waals surface area contributed by atoms with E-state index in [0.29, 0.717) is 17.9 Å². The minimum absolute atomic E-state index is 0.0812. The molecule has 3 heteroatoms. The largest absolute Gasteiger partial charge is 0.468 e. The summed E-state index contributed by atoms with van der Waals surface area (Å²) in [6, 6.07) is 0.331. The van der Waals surface area contributed by atoms with E-state index < -0.39 is 0 Å². The Morgan fingerprint density at radius 3 is 2.40 bits per heavy atom. The molecule has 1 saturated carbocycles. The zero-order chi connectivity index (χ0) is 11.4. The van der Waals surface area contributed by atoms with Crippen molar-refractivity contribution in [3.05, 3.63) is 0 Å². The van der Waals surface area contributed by atoms with E-state index in [1.165, 1.54) is 7.11 Å². The van der Waals surface area contributed by atoms with Crippen LogP contribution in [0.5, 0.6) is 0 Å². The van der Waals surface area contributed by atoms with E-state index in [0.717, 1.165) is 19.3 Å². The van der Waals surface area contributed by atoms with E-state index in [1.54, 1.807) is 0 Å². The number of ether oxygens (including phenoxy) is 1. The fraction of sp³-hybridized carbons (Fsp3) is 0.917. The van der Waals surface area contributed by atoms with Crippen LogP contribution in [-0.4, -0.2) is 25.2 Å². The quantitative estimate of drug-likeness (QED) is 0.685. The molecule has 0 aromatic carbocycles. The van der Waals surface area contributed by atoms with E-state index in [2.05, 4.69) is 26.1 Å². The van der Waals surface area contributed by atoms with Crippen LogP contribution in [0.1, 0.15) is 40.0 Å². The molecular weight excluding hydrogens is 190 g/mol. The summed E-state index contributed by atoms with van der Waals surface area (Å²) in [7, 11) is 1.47. The summed E-state index contributed by atoms with van der Waals surface area (Å²) >= 11 is 0. The van der Waals surface area contributed by atoms with Crippen LogP contribution in [0.2, 0.25) is 0 Å². The molecule has 1 fully saturated rings. The van der Waals surface area contributed by atoms with Gasteiger partial charge in [-0.15, -0.1) is 0 Å². The lowest BCUT2D eigenvalue weighted by molar-refractivity contribution is -0.144. The normalized spacial score (nSPS) is 20.1. The second-order valence-electron chi connectivity index (χ2n) is 4.76. The van der Waals surface area contributed by atoms with Gasteiger partial charge in [0.15, 0.2) is 0 Å². The lowest BCUT2D eigenvalue weighted by Gasteiger charge is -2.26. The first-order valence-corrected chi connectivity index (χ1v) is 5.94. The Labute approximate surface area is 92.6 Å². The fourth-order valence-corrected chi connectivity index (χ4v) is 1.97. The molecule has 15 heavy (non-hydrogen) atoms. The summed E-state index contributed by atoms with van der Waals surface area (Å²) in [5, 5.41) is 3.44. The molecule has 0 spiro atoms. The van der Waals surface area contributed by atoms with Gasteiger partial charge < -0.3 is 10.1 Å². The minimum atomic E-state index is -0.100. The first-order chi connectivity index (χ1) is 7.10. The lowest BCUT2D eigenvalue weighted by Crippen LogP contribution is -2.47. The van der Waals surface area contributed by atoms with E-state index in [1.807, 2.05) is 0 Å². The molecule has 88 valence electrons. The molecule has 2 atom stereocenters. The van der Waals surface area contributed by atoms with Gasteiger partial charge in [0.25, 0.3) is 0 Å². The molecule has 0 bridgehead atoms. The Balaban J connectivity index is 2.53. The zero-order valence-corrected chi connectivity index (χ0v) is 10.2. The van der Waals surface area contributed by atoms with Crippen molar-refractivity contribution in [3.63, 3.8) is 0 Å². The first-order valence-electron chi connectivity index (χ1n) is 5.94. The van der Waals surface area contributed by atoms with Crippen molar-refractivity contribution in [3.8, 4) is 0 Å². The lowest BCUT2D eigenvalue weighted by atomic mass is 10.00. The maximum atomic E-state index is 11.6. The predicted molar refractivity (Wildman–Crippen MR) is 60.6 cm³/mol. The summed E-state index contributed by atoms with van der Waals surface area (Å²) < 4.78 is 4.84. The molecule has 0 radical (unpaired) electrons. The predicted octanol–water partition coefficient (Wildman–Crippen LogP) is 1.96. The second kappa shape index (κ2) is 5.50. The number of methoxy groups -OCH3 is 1. The van der Waals surface area contributed by atoms with Crippen molar-refractivity contribution in [2.24, 2.45) is 11.8 Å². The SMILES string of the molecule is CCC(NC(C(=O)OC)C1CC1)C(C)C. The van der Waals surface area contributed by atoms with E-state index in [9.17, 15) is 4.79 Å². The topological polar surface area (TPSA) is 38.3 Å². The second-order valence-corrected chi connectivity index (χ2v) is 4.76. The summed E-state index contributed by atoms with van der Waals surface area (Å²) in [6.45, 7) is 6.52. The molecule has 0 aromatic heterocycles. The van der Waals surface area contributed by atoms with Gasteiger partial charge in [-0.2, -0.15) is 0 Å². The maximum absolute atomic E-state index is 11.6. The van der Waals surface area contributed by atoms with Gasteiger partial charge >= 0.3 is 5.97 Å². The van der Waals surface area contributed by atoms with Crippen molar-refractivity contribution in [1.29, 1.82) is 0 Å². The summed E-state index contributed by atoms with van der Waals surface area (Å²) in [5.41, 5.74) is 0. The van der Waals surface area contributed by atoms with E-state index in [-0.39, 0.29) is 12.0 Å². The van der Waals surface area contributed by atoms with Gasteiger partial charge in [-0.25, -0.2) is 0 Å². The minimum Gasteiger partial charge on any atom is -0.468 e. The van der Waals surface area contributed by atoms with Crippen molar-refractivity contribution < 1.29 is 9.53 Å². The highest BCUT2D eigenvalue weighted by Crippen LogP contribution is 2.33. The highest BCUT2D eigenvalue weighted by molar-refractivity contribution is 5.76. The molecule has 0 aliphatic heterocycles. The van der Waals surface area contributed by atoms with Gasteiger partial charge in [0.05, 0.1) is 7.11 Å². The number of hydrogen-bond acceptors (Lipinski definition) is 3. The number of carbonyl (C=O) groups is 1. The van der Waals surface area contributed by atoms with E-state index >= 15 is 0 Å². The van der Waals surface area contributed by atoms with Gasteiger partial charge in [0.1, 0.15) is 6.04 Å². The van der Waals surface area contributed by atoms with Gasteiger partial charge in [-0.3, -0.25) is 4.79 Å². The molecule has 1 aliphatic carbocycles. The van der Waals surface area contributed by atoms with E-state index in [4.69, 9.17) is 4.74 Å². The van der Waals surface area contributed by atoms with Crippen molar-refractivity contribution >= 4 is 5.97 Å². The van der Waals surface area contributed by atoms with Crippen LogP contribution in [0.3, 0.4) is 0 Å². The van der Waals surface area contributed by atoms with Gasteiger partial charge in [-0.05, 0) is 31.1 Å². The highest BCUT2D eigenvalue weighted by atomic mass is 16.5. The number of rotatable bonds is 6. The molecule has 2 unspecified atom stereocenters. The monoisotopic (exact) mass is 213 g/mol. The fourth-order valence-electron chi connectivity index (χ4n) is 1.97. The van der Waals surface area contributed by atoms with Crippen molar-refractivity contribution in [1.82, 2.24) is 5.32 Å². The number of esters is 1. The van der Waals surface area contributed by atoms with Gasteiger partial charge in [0, 0.05) is 6.04 Å². The number of hydrogen-bond donors (Lipinski definition) is 1. The van der Waals surface area contributed by atoms with Crippen LogP contribution in [0.15, 0.2) is 0 Å². The van der Waals surface area contributed by atoms with Gasteiger partial charge in [0.2, 0.25) is 0 Å². The number of nitrogens with one attached hydrogen (secondary N) is 1. The van der Waals surface area contributed by atoms with Crippen LogP contribution in [0.4, 0.5) is 0 Å².